The van der Waals surface area contributed by atoms with Gasteiger partial charge in [-0.3, -0.25) is 5.10 Å². The van der Waals surface area contributed by atoms with Crippen molar-refractivity contribution in [2.24, 2.45) is 0 Å². The minimum atomic E-state index is -5.08. The zero-order valence-corrected chi connectivity index (χ0v) is 11.2. The summed E-state index contributed by atoms with van der Waals surface area (Å²) in [6, 6.07) is 4.06. The van der Waals surface area contributed by atoms with E-state index in [-0.39, 0.29) is 0 Å². The quantitative estimate of drug-likeness (QED) is 0.635. The summed E-state index contributed by atoms with van der Waals surface area (Å²) in [5, 5.41) is 23.5. The number of carbonyl (C=O) groups is 1. The number of rotatable bonds is 1. The lowest BCUT2D eigenvalue weighted by Gasteiger charge is -1.96. The lowest BCUT2D eigenvalue weighted by atomic mass is 10.1. The zero-order chi connectivity index (χ0) is 17.0. The Labute approximate surface area is 126 Å². The van der Waals surface area contributed by atoms with Crippen LogP contribution in [0.4, 0.5) is 13.2 Å². The number of carboxylic acids is 1. The number of halogens is 3. The van der Waals surface area contributed by atoms with Crippen LogP contribution in [0.5, 0.6) is 0 Å². The molecule has 0 radical (unpaired) electrons. The van der Waals surface area contributed by atoms with Gasteiger partial charge in [0.15, 0.2) is 0 Å². The first kappa shape index (κ1) is 16.0. The van der Waals surface area contributed by atoms with Crippen LogP contribution in [0.25, 0.3) is 22.2 Å². The lowest BCUT2D eigenvalue weighted by molar-refractivity contribution is -0.192. The van der Waals surface area contributed by atoms with Crippen LogP contribution in [0.2, 0.25) is 0 Å². The highest BCUT2D eigenvalue weighted by Gasteiger charge is 2.38. The van der Waals surface area contributed by atoms with Crippen molar-refractivity contribution >= 4 is 17.0 Å². The molecule has 118 valence electrons. The van der Waals surface area contributed by atoms with Gasteiger partial charge in [0.25, 0.3) is 0 Å². The van der Waals surface area contributed by atoms with Crippen molar-refractivity contribution in [3.05, 3.63) is 36.4 Å². The second kappa shape index (κ2) is 6.18. The Kier molecular flexibility index (Phi) is 4.31. The molecule has 0 spiro atoms. The SMILES string of the molecule is N#Cc1c[nH]c2ncc(-c3cn[nH]c3)cc12.O=C(O)C(F)(F)F. The van der Waals surface area contributed by atoms with Crippen molar-refractivity contribution in [1.29, 1.82) is 5.26 Å². The number of alkyl halides is 3. The number of carboxylic acid groups (broad SMARTS) is 1. The molecule has 0 aliphatic heterocycles. The van der Waals surface area contributed by atoms with Crippen molar-refractivity contribution in [3.63, 3.8) is 0 Å². The number of aromatic amines is 2. The van der Waals surface area contributed by atoms with Crippen molar-refractivity contribution < 1.29 is 23.1 Å². The van der Waals surface area contributed by atoms with Gasteiger partial charge in [-0.1, -0.05) is 0 Å². The number of nitrogens with zero attached hydrogens (tertiary/aromatic N) is 3. The second-order valence-corrected chi connectivity index (χ2v) is 4.22. The molecular formula is C13H8F3N5O2. The number of hydrogen-bond donors (Lipinski definition) is 3. The Morgan fingerprint density at radius 3 is 2.48 bits per heavy atom. The summed E-state index contributed by atoms with van der Waals surface area (Å²) in [4.78, 5) is 16.1. The molecule has 0 fully saturated rings. The fourth-order valence-electron chi connectivity index (χ4n) is 1.66. The third kappa shape index (κ3) is 3.65. The summed E-state index contributed by atoms with van der Waals surface area (Å²) in [6.45, 7) is 0. The largest absolute Gasteiger partial charge is 0.490 e. The molecule has 7 nitrogen and oxygen atoms in total. The van der Waals surface area contributed by atoms with E-state index in [1.54, 1.807) is 24.8 Å². The Balaban J connectivity index is 0.000000236. The minimum Gasteiger partial charge on any atom is -0.475 e. The summed E-state index contributed by atoms with van der Waals surface area (Å²) in [5.41, 5.74) is 3.23. The van der Waals surface area contributed by atoms with Gasteiger partial charge < -0.3 is 10.1 Å². The molecule has 3 rings (SSSR count). The molecule has 0 saturated heterocycles. The van der Waals surface area contributed by atoms with E-state index >= 15 is 0 Å². The number of nitrogens with one attached hydrogen (secondary N) is 2. The third-order valence-electron chi connectivity index (χ3n) is 2.73. The molecule has 0 amide bonds. The van der Waals surface area contributed by atoms with E-state index in [4.69, 9.17) is 15.2 Å². The minimum absolute atomic E-state index is 0.604. The first-order valence-electron chi connectivity index (χ1n) is 5.99. The van der Waals surface area contributed by atoms with Gasteiger partial charge in [-0.2, -0.15) is 23.5 Å². The van der Waals surface area contributed by atoms with Crippen LogP contribution < -0.4 is 0 Å². The summed E-state index contributed by atoms with van der Waals surface area (Å²) in [6.07, 6.45) is 1.85. The first-order chi connectivity index (χ1) is 10.8. The van der Waals surface area contributed by atoms with E-state index in [1.807, 2.05) is 6.07 Å². The number of nitriles is 1. The Hall–Kier alpha value is -3.35. The van der Waals surface area contributed by atoms with E-state index in [0.29, 0.717) is 5.56 Å². The Bertz CT molecular complexity index is 862. The van der Waals surface area contributed by atoms with Crippen molar-refractivity contribution in [3.8, 4) is 17.2 Å². The smallest absolute Gasteiger partial charge is 0.475 e. The number of pyridine rings is 1. The van der Waals surface area contributed by atoms with Crippen LogP contribution in [0.15, 0.2) is 30.9 Å². The van der Waals surface area contributed by atoms with E-state index < -0.39 is 12.1 Å². The molecule has 3 aromatic heterocycles. The standard InChI is InChI=1S/C11H7N5.C2HF3O2/c12-2-8-4-14-11-10(8)1-7(3-13-11)9-5-15-16-6-9;3-2(4,5)1(6)7/h1,3-6H,(H,13,14)(H,15,16);(H,6,7). The number of hydrogen-bond acceptors (Lipinski definition) is 4. The molecule has 3 aromatic rings. The Morgan fingerprint density at radius 2 is 1.96 bits per heavy atom. The van der Waals surface area contributed by atoms with Crippen molar-refractivity contribution in [1.82, 2.24) is 20.2 Å². The molecule has 0 aromatic carbocycles. The summed E-state index contributed by atoms with van der Waals surface area (Å²) >= 11 is 0. The normalized spacial score (nSPS) is 10.7. The lowest BCUT2D eigenvalue weighted by Crippen LogP contribution is -2.21. The van der Waals surface area contributed by atoms with Crippen LogP contribution >= 0.6 is 0 Å². The predicted octanol–water partition coefficient (Wildman–Crippen LogP) is 2.46. The third-order valence-corrected chi connectivity index (χ3v) is 2.73. The fourth-order valence-corrected chi connectivity index (χ4v) is 1.66. The van der Waals surface area contributed by atoms with Gasteiger partial charge in [0.05, 0.1) is 11.8 Å². The van der Waals surface area contributed by atoms with Crippen LogP contribution in [0.1, 0.15) is 5.56 Å². The molecule has 0 aliphatic carbocycles. The van der Waals surface area contributed by atoms with Gasteiger partial charge in [-0.25, -0.2) is 9.78 Å². The molecule has 0 atom stereocenters. The molecular weight excluding hydrogens is 315 g/mol. The van der Waals surface area contributed by atoms with Crippen LogP contribution in [-0.4, -0.2) is 37.4 Å². The average Bonchev–Trinajstić information content (AvgIpc) is 3.15. The van der Waals surface area contributed by atoms with Crippen LogP contribution in [-0.2, 0) is 4.79 Å². The molecule has 10 heteroatoms. The van der Waals surface area contributed by atoms with Gasteiger partial charge in [-0.05, 0) is 6.07 Å². The van der Waals surface area contributed by atoms with Gasteiger partial charge >= 0.3 is 12.1 Å². The van der Waals surface area contributed by atoms with Gasteiger partial charge in [0.2, 0.25) is 0 Å². The Morgan fingerprint density at radius 1 is 1.26 bits per heavy atom. The molecule has 3 N–H and O–H groups in total. The molecule has 23 heavy (non-hydrogen) atoms. The van der Waals surface area contributed by atoms with E-state index in [1.165, 1.54) is 0 Å². The number of H-pyrrole nitrogens is 2. The van der Waals surface area contributed by atoms with Crippen molar-refractivity contribution in [2.75, 3.05) is 0 Å². The van der Waals surface area contributed by atoms with Gasteiger partial charge in [0, 0.05) is 35.1 Å². The predicted molar refractivity (Wildman–Crippen MR) is 72.1 cm³/mol. The van der Waals surface area contributed by atoms with Gasteiger partial charge in [-0.15, -0.1) is 0 Å². The molecule has 0 unspecified atom stereocenters. The molecule has 0 saturated carbocycles. The average molecular weight is 323 g/mol. The van der Waals surface area contributed by atoms with Crippen LogP contribution in [0.3, 0.4) is 0 Å². The highest BCUT2D eigenvalue weighted by Crippen LogP contribution is 2.23. The highest BCUT2D eigenvalue weighted by atomic mass is 19.4. The number of aliphatic carboxylic acids is 1. The monoisotopic (exact) mass is 323 g/mol. The molecule has 0 aliphatic rings. The molecule has 3 heterocycles. The van der Waals surface area contributed by atoms with E-state index in [9.17, 15) is 13.2 Å². The summed E-state index contributed by atoms with van der Waals surface area (Å²) in [7, 11) is 0. The fraction of sp³-hybridized carbons (Fsp3) is 0.0769. The number of aromatic nitrogens is 4. The topological polar surface area (TPSA) is 118 Å². The summed E-state index contributed by atoms with van der Waals surface area (Å²) < 4.78 is 31.7. The maximum atomic E-state index is 10.6. The summed E-state index contributed by atoms with van der Waals surface area (Å²) in [5.74, 6) is -2.76. The number of fused-ring (bicyclic) bond motifs is 1. The highest BCUT2D eigenvalue weighted by molar-refractivity contribution is 5.86. The maximum absolute atomic E-state index is 10.6. The maximum Gasteiger partial charge on any atom is 0.490 e. The zero-order valence-electron chi connectivity index (χ0n) is 11.2. The van der Waals surface area contributed by atoms with E-state index in [0.717, 1.165) is 22.2 Å². The first-order valence-corrected chi connectivity index (χ1v) is 5.99. The second-order valence-electron chi connectivity index (χ2n) is 4.22. The van der Waals surface area contributed by atoms with Crippen LogP contribution in [0, 0.1) is 11.3 Å². The van der Waals surface area contributed by atoms with E-state index in [2.05, 4.69) is 26.2 Å². The van der Waals surface area contributed by atoms with Gasteiger partial charge in [0.1, 0.15) is 11.7 Å². The van der Waals surface area contributed by atoms with Crippen molar-refractivity contribution in [2.45, 2.75) is 6.18 Å². The molecule has 0 bridgehead atoms.